The van der Waals surface area contributed by atoms with Crippen LogP contribution in [0.3, 0.4) is 0 Å². The summed E-state index contributed by atoms with van der Waals surface area (Å²) < 4.78 is 0. The number of aromatic amines is 1. The fourth-order valence-corrected chi connectivity index (χ4v) is 4.47. The predicted molar refractivity (Wildman–Crippen MR) is 150 cm³/mol. The summed E-state index contributed by atoms with van der Waals surface area (Å²) in [6.45, 7) is 3.81. The lowest BCUT2D eigenvalue weighted by Gasteiger charge is -2.26. The minimum Gasteiger partial charge on any atom is -0.480 e. The SMILES string of the molecule is CSCCC(NC(=O)C(Cc1c[nH]c2ccccc12)NC(=O)C(CC(C)C)NC(=O)C(N)CS)C(=O)O. The Kier molecular flexibility index (Phi) is 12.3. The van der Waals surface area contributed by atoms with Crippen LogP contribution in [-0.2, 0) is 25.6 Å². The summed E-state index contributed by atoms with van der Waals surface area (Å²) >= 11 is 5.51. The molecule has 4 atom stereocenters. The number of aliphatic carboxylic acids is 1. The first-order chi connectivity index (χ1) is 17.6. The summed E-state index contributed by atoms with van der Waals surface area (Å²) in [6.07, 6.45) is 4.30. The van der Waals surface area contributed by atoms with Gasteiger partial charge >= 0.3 is 5.97 Å². The molecule has 10 nitrogen and oxygen atoms in total. The van der Waals surface area contributed by atoms with E-state index in [0.29, 0.717) is 12.2 Å². The number of aromatic nitrogens is 1. The van der Waals surface area contributed by atoms with Gasteiger partial charge in [0.25, 0.3) is 0 Å². The molecule has 12 heteroatoms. The Morgan fingerprint density at radius 3 is 2.27 bits per heavy atom. The smallest absolute Gasteiger partial charge is 0.326 e. The van der Waals surface area contributed by atoms with Crippen LogP contribution in [-0.4, -0.2) is 75.7 Å². The standard InChI is InChI=1S/C25H37N5O5S2/c1-14(2)10-20(29-22(31)17(26)13-36)23(32)30-21(24(33)28-19(25(34)35)8-9-37-3)11-15-12-27-18-7-5-4-6-16(15)18/h4-7,12,14,17,19-21,27,36H,8-11,13,26H2,1-3H3,(H,28,33)(H,29,31)(H,30,32)(H,34,35). The molecule has 1 heterocycles. The number of thioether (sulfide) groups is 1. The lowest BCUT2D eigenvalue weighted by atomic mass is 10.00. The molecular weight excluding hydrogens is 514 g/mol. The summed E-state index contributed by atoms with van der Waals surface area (Å²) in [6, 6.07) is 3.56. The fourth-order valence-electron chi connectivity index (χ4n) is 3.83. The zero-order valence-corrected chi connectivity index (χ0v) is 23.0. The van der Waals surface area contributed by atoms with Crippen LogP contribution in [0.25, 0.3) is 10.9 Å². The van der Waals surface area contributed by atoms with Crippen molar-refractivity contribution in [2.45, 2.75) is 57.3 Å². The molecule has 7 N–H and O–H groups in total. The van der Waals surface area contributed by atoms with E-state index in [1.165, 1.54) is 11.8 Å². The first-order valence-corrected chi connectivity index (χ1v) is 14.1. The van der Waals surface area contributed by atoms with Gasteiger partial charge in [-0.25, -0.2) is 4.79 Å². The molecule has 0 aliphatic carbocycles. The van der Waals surface area contributed by atoms with Crippen LogP contribution in [0.15, 0.2) is 30.5 Å². The second kappa shape index (κ2) is 14.9. The summed E-state index contributed by atoms with van der Waals surface area (Å²) in [4.78, 5) is 53.9. The predicted octanol–water partition coefficient (Wildman–Crippen LogP) is 1.31. The summed E-state index contributed by atoms with van der Waals surface area (Å²) in [5.41, 5.74) is 7.42. The fraction of sp³-hybridized carbons (Fsp3) is 0.520. The number of amides is 3. The van der Waals surface area contributed by atoms with E-state index >= 15 is 0 Å². The molecule has 204 valence electrons. The summed E-state index contributed by atoms with van der Waals surface area (Å²) in [7, 11) is 0. The van der Waals surface area contributed by atoms with E-state index in [0.717, 1.165) is 16.5 Å². The van der Waals surface area contributed by atoms with Crippen LogP contribution in [0.4, 0.5) is 0 Å². The van der Waals surface area contributed by atoms with Gasteiger partial charge in [0.1, 0.15) is 18.1 Å². The van der Waals surface area contributed by atoms with E-state index in [-0.39, 0.29) is 24.5 Å². The molecule has 3 amide bonds. The van der Waals surface area contributed by atoms with Gasteiger partial charge < -0.3 is 31.8 Å². The number of carbonyl (C=O) groups excluding carboxylic acids is 3. The molecule has 0 fully saturated rings. The van der Waals surface area contributed by atoms with Crippen molar-refractivity contribution in [3.8, 4) is 0 Å². The van der Waals surface area contributed by atoms with E-state index in [1.807, 2.05) is 44.4 Å². The lowest BCUT2D eigenvalue weighted by Crippen LogP contribution is -2.58. The van der Waals surface area contributed by atoms with E-state index in [2.05, 4.69) is 33.6 Å². The molecule has 0 saturated heterocycles. The van der Waals surface area contributed by atoms with Gasteiger partial charge in [0, 0.05) is 29.3 Å². The molecule has 37 heavy (non-hydrogen) atoms. The molecule has 0 radical (unpaired) electrons. The molecule has 1 aromatic heterocycles. The second-order valence-electron chi connectivity index (χ2n) is 9.29. The molecule has 0 aliphatic rings. The van der Waals surface area contributed by atoms with Crippen LogP contribution in [0.2, 0.25) is 0 Å². The number of fused-ring (bicyclic) bond motifs is 1. The van der Waals surface area contributed by atoms with Gasteiger partial charge in [-0.2, -0.15) is 24.4 Å². The minimum atomic E-state index is -1.15. The van der Waals surface area contributed by atoms with Gasteiger partial charge in [-0.05, 0) is 42.4 Å². The Morgan fingerprint density at radius 1 is 1.03 bits per heavy atom. The molecule has 0 saturated carbocycles. The highest BCUT2D eigenvalue weighted by Crippen LogP contribution is 2.19. The first kappa shape index (κ1) is 30.5. The van der Waals surface area contributed by atoms with Gasteiger partial charge in [-0.1, -0.05) is 32.0 Å². The van der Waals surface area contributed by atoms with Gasteiger partial charge in [0.05, 0.1) is 6.04 Å². The average Bonchev–Trinajstić information content (AvgIpc) is 3.27. The second-order valence-corrected chi connectivity index (χ2v) is 10.6. The Balaban J connectivity index is 2.31. The zero-order chi connectivity index (χ0) is 27.5. The normalized spacial score (nSPS) is 14.5. The molecule has 2 rings (SSSR count). The van der Waals surface area contributed by atoms with Crippen LogP contribution in [0, 0.1) is 5.92 Å². The van der Waals surface area contributed by atoms with Crippen molar-refractivity contribution in [3.05, 3.63) is 36.0 Å². The number of nitrogens with two attached hydrogens (primary N) is 1. The summed E-state index contributed by atoms with van der Waals surface area (Å²) in [5, 5.41) is 18.5. The molecule has 0 aliphatic heterocycles. The van der Waals surface area contributed by atoms with Crippen LogP contribution < -0.4 is 21.7 Å². The van der Waals surface area contributed by atoms with E-state index < -0.39 is 47.9 Å². The van der Waals surface area contributed by atoms with Crippen molar-refractivity contribution in [3.63, 3.8) is 0 Å². The highest BCUT2D eigenvalue weighted by molar-refractivity contribution is 7.98. The minimum absolute atomic E-state index is 0.0621. The number of rotatable bonds is 15. The zero-order valence-electron chi connectivity index (χ0n) is 21.3. The number of nitrogens with one attached hydrogen (secondary N) is 4. The number of hydrogen-bond donors (Lipinski definition) is 7. The number of benzene rings is 1. The first-order valence-electron chi connectivity index (χ1n) is 12.1. The third-order valence-electron chi connectivity index (χ3n) is 5.83. The molecule has 0 spiro atoms. The maximum Gasteiger partial charge on any atom is 0.326 e. The van der Waals surface area contributed by atoms with Gasteiger partial charge in [0.15, 0.2) is 0 Å². The third kappa shape index (κ3) is 9.28. The van der Waals surface area contributed by atoms with E-state index in [1.54, 1.807) is 6.20 Å². The van der Waals surface area contributed by atoms with Crippen molar-refractivity contribution in [2.75, 3.05) is 17.8 Å². The van der Waals surface area contributed by atoms with Crippen molar-refractivity contribution in [2.24, 2.45) is 11.7 Å². The molecular formula is C25H37N5O5S2. The van der Waals surface area contributed by atoms with E-state index in [4.69, 9.17) is 5.73 Å². The third-order valence-corrected chi connectivity index (χ3v) is 6.87. The lowest BCUT2D eigenvalue weighted by molar-refractivity contribution is -0.142. The van der Waals surface area contributed by atoms with Crippen LogP contribution >= 0.6 is 24.4 Å². The largest absolute Gasteiger partial charge is 0.480 e. The van der Waals surface area contributed by atoms with Crippen LogP contribution in [0.1, 0.15) is 32.3 Å². The Morgan fingerprint density at radius 2 is 1.65 bits per heavy atom. The maximum atomic E-state index is 13.3. The monoisotopic (exact) mass is 551 g/mol. The van der Waals surface area contributed by atoms with Crippen molar-refractivity contribution < 1.29 is 24.3 Å². The van der Waals surface area contributed by atoms with Crippen molar-refractivity contribution in [1.82, 2.24) is 20.9 Å². The van der Waals surface area contributed by atoms with Gasteiger partial charge in [-0.3, -0.25) is 14.4 Å². The number of para-hydroxylation sites is 1. The highest BCUT2D eigenvalue weighted by Gasteiger charge is 2.31. The molecule has 4 unspecified atom stereocenters. The Bertz CT molecular complexity index is 1080. The van der Waals surface area contributed by atoms with Crippen molar-refractivity contribution in [1.29, 1.82) is 0 Å². The van der Waals surface area contributed by atoms with E-state index in [9.17, 15) is 24.3 Å². The number of H-pyrrole nitrogens is 1. The maximum absolute atomic E-state index is 13.3. The summed E-state index contributed by atoms with van der Waals surface area (Å²) in [5.74, 6) is -2.11. The Hall–Kier alpha value is -2.70. The number of carboxylic acid groups (broad SMARTS) is 1. The molecule has 2 aromatic rings. The van der Waals surface area contributed by atoms with Gasteiger partial charge in [-0.15, -0.1) is 0 Å². The van der Waals surface area contributed by atoms with Crippen molar-refractivity contribution >= 4 is 59.0 Å². The van der Waals surface area contributed by atoms with Gasteiger partial charge in [0.2, 0.25) is 17.7 Å². The number of carbonyl (C=O) groups is 4. The highest BCUT2D eigenvalue weighted by atomic mass is 32.2. The quantitative estimate of drug-likeness (QED) is 0.164. The topological polar surface area (TPSA) is 166 Å². The number of hydrogen-bond acceptors (Lipinski definition) is 7. The number of carboxylic acids is 1. The molecule has 0 bridgehead atoms. The number of thiol groups is 1. The Labute approximate surface area is 226 Å². The molecule has 1 aromatic carbocycles. The van der Waals surface area contributed by atoms with Crippen LogP contribution in [0.5, 0.6) is 0 Å². The average molecular weight is 552 g/mol.